The summed E-state index contributed by atoms with van der Waals surface area (Å²) in [4.78, 5) is 39.8. The van der Waals surface area contributed by atoms with Crippen LogP contribution in [0.15, 0.2) is 394 Å². The van der Waals surface area contributed by atoms with E-state index in [1.807, 2.05) is 11.8 Å². The Hall–Kier alpha value is -15.4. The summed E-state index contributed by atoms with van der Waals surface area (Å²) in [5.41, 5.74) is 28.5. The predicted molar refractivity (Wildman–Crippen MR) is 504 cm³/mol. The molecule has 0 N–H and O–H groups in total. The van der Waals surface area contributed by atoms with E-state index < -0.39 is 0 Å². The Bertz CT molecular complexity index is 8990. The maximum absolute atomic E-state index is 5.70. The molecule has 3 aliphatic heterocycles. The molecule has 12 nitrogen and oxygen atoms in total. The van der Waals surface area contributed by atoms with Crippen molar-refractivity contribution in [1.82, 2.24) is 57.3 Å². The maximum atomic E-state index is 5.70. The fourth-order valence-electron chi connectivity index (χ4n) is 20.0. The molecule has 0 amide bonds. The number of aromatic nitrogens is 12. The Morgan fingerprint density at radius 1 is 0.220 bits per heavy atom. The van der Waals surface area contributed by atoms with Gasteiger partial charge in [-0.25, -0.2) is 29.9 Å². The third-order valence-electron chi connectivity index (χ3n) is 25.5. The van der Waals surface area contributed by atoms with Gasteiger partial charge in [0.1, 0.15) is 0 Å². The van der Waals surface area contributed by atoms with Gasteiger partial charge in [-0.1, -0.05) is 205 Å². The fourth-order valence-corrected chi connectivity index (χ4v) is 23.5. The summed E-state index contributed by atoms with van der Waals surface area (Å²) < 4.78 is 14.0. The number of para-hydroxylation sites is 5. The lowest BCUT2D eigenvalue weighted by Gasteiger charge is -2.22. The van der Waals surface area contributed by atoms with Crippen molar-refractivity contribution in [2.75, 3.05) is 0 Å². The highest BCUT2D eigenvalue weighted by Crippen LogP contribution is 2.55. The third-order valence-corrected chi connectivity index (χ3v) is 29.0. The molecule has 0 aliphatic carbocycles. The first-order valence-electron chi connectivity index (χ1n) is 41.3. The van der Waals surface area contributed by atoms with Crippen molar-refractivity contribution >= 4 is 166 Å². The molecule has 12 heterocycles. The van der Waals surface area contributed by atoms with Crippen molar-refractivity contribution in [3.63, 3.8) is 0 Å². The molecule has 3 aliphatic rings. The van der Waals surface area contributed by atoms with E-state index in [-0.39, 0.29) is 0 Å². The fraction of sp³-hybridized carbons (Fsp3) is 0. The predicted octanol–water partition coefficient (Wildman–Crippen LogP) is 28.0. The number of hydrogen-bond acceptors (Lipinski definition) is 9. The van der Waals surface area contributed by atoms with Gasteiger partial charge in [-0.3, -0.25) is 9.13 Å². The van der Waals surface area contributed by atoms with Gasteiger partial charge in [0.2, 0.25) is 11.9 Å². The Labute approximate surface area is 713 Å². The zero-order valence-electron chi connectivity index (χ0n) is 65.2. The van der Waals surface area contributed by atoms with Crippen LogP contribution in [0.1, 0.15) is 0 Å². The van der Waals surface area contributed by atoms with Crippen molar-refractivity contribution < 1.29 is 0 Å². The molecule has 0 unspecified atom stereocenters. The van der Waals surface area contributed by atoms with Crippen molar-refractivity contribution in [3.05, 3.63) is 364 Å². The summed E-state index contributed by atoms with van der Waals surface area (Å²) in [5, 5.41) is 13.6. The molecular weight excluding hydrogens is 1560 g/mol. The van der Waals surface area contributed by atoms with Crippen molar-refractivity contribution in [2.45, 2.75) is 29.4 Å². The first-order chi connectivity index (χ1) is 60.9. The molecule has 0 radical (unpaired) electrons. The van der Waals surface area contributed by atoms with Crippen LogP contribution in [0.3, 0.4) is 0 Å². The first kappa shape index (κ1) is 67.5. The Morgan fingerprint density at radius 2 is 0.732 bits per heavy atom. The number of benzene rings is 16. The van der Waals surface area contributed by atoms with Crippen LogP contribution in [0.2, 0.25) is 0 Å². The Balaban J connectivity index is 0.558. The van der Waals surface area contributed by atoms with E-state index >= 15 is 0 Å². The number of fused-ring (bicyclic) bond motifs is 19. The molecule has 0 spiro atoms. The highest BCUT2D eigenvalue weighted by molar-refractivity contribution is 8.00. The maximum Gasteiger partial charge on any atom is 0.235 e. The van der Waals surface area contributed by atoms with Gasteiger partial charge in [0.05, 0.1) is 83.3 Å². The van der Waals surface area contributed by atoms with Crippen molar-refractivity contribution in [3.8, 4) is 102 Å². The minimum absolute atomic E-state index is 0.609. The van der Waals surface area contributed by atoms with Crippen molar-refractivity contribution in [1.29, 1.82) is 0 Å². The van der Waals surface area contributed by atoms with E-state index in [0.717, 1.165) is 224 Å². The van der Waals surface area contributed by atoms with Crippen LogP contribution in [0.25, 0.3) is 233 Å². The first-order valence-corrected chi connectivity index (χ1v) is 43.7. The lowest BCUT2D eigenvalue weighted by atomic mass is 9.96. The molecule has 25 aromatic rings. The van der Waals surface area contributed by atoms with Gasteiger partial charge in [0.25, 0.3) is 0 Å². The molecule has 0 atom stereocenters. The largest absolute Gasteiger partial charge is 0.317 e. The molecular formula is C108H60N12S3. The van der Waals surface area contributed by atoms with Crippen molar-refractivity contribution in [2.24, 2.45) is 0 Å². The number of hydrogen-bond donors (Lipinski definition) is 0. The topological polar surface area (TPSA) is 107 Å². The smallest absolute Gasteiger partial charge is 0.235 e. The SMILES string of the molecule is c1ccc(-n2ccc3cc4c(cc32)c2ccccc2n4-c2nc3c4c(cccc4n2)Sc2c(-c4ccc5c6cc7ccn(-c8nc9c%10c(cccc%10n8)Sc8cc(-c%10cc%11c%12ccccc%12n(-c%12ccccc%12)c%11c%11c%10ccn%11-c%10ccc(-c%11nc%12c%13c(cccc%13n%11)Sc%11ccccc%11-%12)cc%10)ccc8-9)c7cc6n(-c6ccccc6)c5c4)cccc2-3)cc1. The van der Waals surface area contributed by atoms with Crippen LogP contribution in [0.4, 0.5) is 0 Å². The van der Waals surface area contributed by atoms with Crippen LogP contribution >= 0.6 is 35.3 Å². The molecule has 0 saturated carbocycles. The second-order valence-electron chi connectivity index (χ2n) is 32.1. The monoisotopic (exact) mass is 1620 g/mol. The van der Waals surface area contributed by atoms with Crippen LogP contribution in [0.5, 0.6) is 0 Å². The average Bonchev–Trinajstić information content (AvgIpc) is 1.59. The zero-order chi connectivity index (χ0) is 80.0. The van der Waals surface area contributed by atoms with Crippen LogP contribution < -0.4 is 0 Å². The highest BCUT2D eigenvalue weighted by atomic mass is 32.2. The van der Waals surface area contributed by atoms with Gasteiger partial charge in [0.15, 0.2) is 5.82 Å². The molecule has 0 bridgehead atoms. The average molecular weight is 1620 g/mol. The highest BCUT2D eigenvalue weighted by Gasteiger charge is 2.32. The number of rotatable bonds is 9. The molecule has 16 aromatic carbocycles. The third kappa shape index (κ3) is 9.82. The van der Waals surface area contributed by atoms with E-state index in [1.54, 1.807) is 23.5 Å². The van der Waals surface area contributed by atoms with Crippen LogP contribution in [0, 0.1) is 0 Å². The summed E-state index contributed by atoms with van der Waals surface area (Å²) in [6.45, 7) is 0. The van der Waals surface area contributed by atoms with Gasteiger partial charge in [0, 0.05) is 158 Å². The molecule has 15 heteroatoms. The summed E-state index contributed by atoms with van der Waals surface area (Å²) >= 11 is 5.39. The molecule has 9 aromatic heterocycles. The summed E-state index contributed by atoms with van der Waals surface area (Å²) in [5.74, 6) is 1.95. The number of nitrogens with zero attached hydrogens (tertiary/aromatic N) is 12. The van der Waals surface area contributed by atoms with E-state index in [2.05, 4.69) is 392 Å². The Kier molecular flexibility index (Phi) is 14.0. The summed E-state index contributed by atoms with van der Waals surface area (Å²) in [6.07, 6.45) is 6.55. The normalized spacial score (nSPS) is 12.8. The second kappa shape index (κ2) is 25.6. The minimum atomic E-state index is 0.609. The standard InChI is InChI=1S/C108H60N12S3/c1-4-20-66(21-5-1)115-51-48-65-56-90-80(59-87(65)115)71-26-10-14-35-86(71)120(90)108-111-84-33-19-39-95-99(84)102(114-108)77-30-16-29-70(105(77)123-95)62-42-46-73-79-54-64-49-52-117(88(64)60-91(79)118(89(73)55-62)68-22-6-2-7-23-68)107-110-83-32-18-38-94-98(83)101(113-107)76-47-43-63(57-96(76)122-94)78-58-81-72-27-11-13-34-85(72)119(69-24-8-3-9-25-69)104(81)103-74(78)50-53-116(103)67-44-40-61(41-45-67)106-109-82-31-17-37-93-97(82)100(112-106)75-28-12-15-36-92(75)121-93/h1-60H. The molecule has 0 saturated heterocycles. The lowest BCUT2D eigenvalue weighted by Crippen LogP contribution is -2.06. The van der Waals surface area contributed by atoms with Gasteiger partial charge in [-0.05, 0) is 198 Å². The summed E-state index contributed by atoms with van der Waals surface area (Å²) in [7, 11) is 0. The van der Waals surface area contributed by atoms with Gasteiger partial charge in [-0.2, -0.15) is 0 Å². The van der Waals surface area contributed by atoms with E-state index in [0.29, 0.717) is 17.7 Å². The molecule has 570 valence electrons. The van der Waals surface area contributed by atoms with Crippen LogP contribution in [-0.2, 0) is 0 Å². The molecule has 123 heavy (non-hydrogen) atoms. The quantitative estimate of drug-likeness (QED) is 0.140. The Morgan fingerprint density at radius 3 is 1.50 bits per heavy atom. The van der Waals surface area contributed by atoms with E-state index in [1.165, 1.54) is 20.6 Å². The molecule has 28 rings (SSSR count). The lowest BCUT2D eigenvalue weighted by molar-refractivity contribution is 0.980. The summed E-state index contributed by atoms with van der Waals surface area (Å²) in [6, 6.07) is 126. The van der Waals surface area contributed by atoms with Gasteiger partial charge in [-0.15, -0.1) is 0 Å². The van der Waals surface area contributed by atoms with Gasteiger partial charge >= 0.3 is 0 Å². The van der Waals surface area contributed by atoms with E-state index in [9.17, 15) is 0 Å². The second-order valence-corrected chi connectivity index (χ2v) is 35.3. The minimum Gasteiger partial charge on any atom is -0.317 e. The van der Waals surface area contributed by atoms with Crippen LogP contribution in [-0.4, -0.2) is 57.3 Å². The van der Waals surface area contributed by atoms with E-state index in [4.69, 9.17) is 29.9 Å². The van der Waals surface area contributed by atoms with Gasteiger partial charge < -0.3 is 18.3 Å². The molecule has 0 fully saturated rings. The zero-order valence-corrected chi connectivity index (χ0v) is 67.7.